The fourth-order valence-corrected chi connectivity index (χ4v) is 2.97. The summed E-state index contributed by atoms with van der Waals surface area (Å²) in [5, 5.41) is 14.0. The number of nitrogens with one attached hydrogen (secondary N) is 1. The molecule has 0 aliphatic rings. The van der Waals surface area contributed by atoms with E-state index in [-0.39, 0.29) is 17.5 Å². The molecule has 2 heterocycles. The summed E-state index contributed by atoms with van der Waals surface area (Å²) in [6, 6.07) is 7.13. The minimum absolute atomic E-state index is 0.0193. The molecule has 2 rings (SSSR count). The number of pyridine rings is 1. The van der Waals surface area contributed by atoms with E-state index in [1.807, 2.05) is 17.5 Å². The summed E-state index contributed by atoms with van der Waals surface area (Å²) in [7, 11) is 0. The van der Waals surface area contributed by atoms with Crippen LogP contribution in [0.15, 0.2) is 35.8 Å². The van der Waals surface area contributed by atoms with E-state index in [1.165, 1.54) is 28.9 Å². The van der Waals surface area contributed by atoms with E-state index >= 15 is 0 Å². The van der Waals surface area contributed by atoms with Crippen molar-refractivity contribution in [2.24, 2.45) is 0 Å². The van der Waals surface area contributed by atoms with Crippen LogP contribution < -0.4 is 5.32 Å². The smallest absolute Gasteiger partial charge is 0.235 e. The molecular weight excluding hydrogens is 268 g/mol. The SMILES string of the molecule is O=C(CSCc1cccs1)Nc1ncccc1O. The standard InChI is InChI=1S/C12H12N2O2S2/c15-10-4-1-5-13-12(10)14-11(16)8-17-7-9-3-2-6-18-9/h1-6,15H,7-8H2,(H,13,14,16). The number of thiophene rings is 1. The van der Waals surface area contributed by atoms with Crippen molar-refractivity contribution < 1.29 is 9.90 Å². The largest absolute Gasteiger partial charge is 0.504 e. The van der Waals surface area contributed by atoms with Gasteiger partial charge in [-0.05, 0) is 23.6 Å². The van der Waals surface area contributed by atoms with Gasteiger partial charge in [0.1, 0.15) is 0 Å². The lowest BCUT2D eigenvalue weighted by Gasteiger charge is -2.05. The zero-order valence-corrected chi connectivity index (χ0v) is 11.1. The molecule has 4 nitrogen and oxygen atoms in total. The summed E-state index contributed by atoms with van der Waals surface area (Å²) < 4.78 is 0. The van der Waals surface area contributed by atoms with Crippen molar-refractivity contribution >= 4 is 34.8 Å². The first-order valence-corrected chi connectivity index (χ1v) is 7.33. The Labute approximate surface area is 113 Å². The fraction of sp³-hybridized carbons (Fsp3) is 0.167. The monoisotopic (exact) mass is 280 g/mol. The van der Waals surface area contributed by atoms with Gasteiger partial charge >= 0.3 is 0 Å². The molecule has 0 saturated carbocycles. The highest BCUT2D eigenvalue weighted by molar-refractivity contribution is 7.99. The highest BCUT2D eigenvalue weighted by atomic mass is 32.2. The molecule has 0 aliphatic carbocycles. The van der Waals surface area contributed by atoms with Crippen LogP contribution in [0.1, 0.15) is 4.88 Å². The number of rotatable bonds is 5. The number of carbonyl (C=O) groups excluding carboxylic acids is 1. The predicted octanol–water partition coefficient (Wildman–Crippen LogP) is 2.72. The van der Waals surface area contributed by atoms with Crippen LogP contribution in [0.4, 0.5) is 5.82 Å². The molecule has 94 valence electrons. The first-order chi connectivity index (χ1) is 8.75. The molecule has 0 atom stereocenters. The van der Waals surface area contributed by atoms with Gasteiger partial charge in [-0.25, -0.2) is 4.98 Å². The van der Waals surface area contributed by atoms with Crippen LogP contribution in [0.25, 0.3) is 0 Å². The number of thioether (sulfide) groups is 1. The van der Waals surface area contributed by atoms with E-state index in [4.69, 9.17) is 0 Å². The number of carbonyl (C=O) groups is 1. The minimum atomic E-state index is -0.162. The third kappa shape index (κ3) is 3.75. The Hall–Kier alpha value is -1.53. The maximum absolute atomic E-state index is 11.6. The van der Waals surface area contributed by atoms with Crippen LogP contribution in [0.3, 0.4) is 0 Å². The van der Waals surface area contributed by atoms with Crippen LogP contribution in [0.5, 0.6) is 5.75 Å². The third-order valence-corrected chi connectivity index (χ3v) is 4.14. The first kappa shape index (κ1) is 12.9. The van der Waals surface area contributed by atoms with Crippen molar-refractivity contribution in [3.05, 3.63) is 40.7 Å². The van der Waals surface area contributed by atoms with E-state index in [9.17, 15) is 9.90 Å². The van der Waals surface area contributed by atoms with Crippen molar-refractivity contribution in [1.29, 1.82) is 0 Å². The van der Waals surface area contributed by atoms with Gasteiger partial charge < -0.3 is 10.4 Å². The van der Waals surface area contributed by atoms with Crippen molar-refractivity contribution in [1.82, 2.24) is 4.98 Å². The maximum atomic E-state index is 11.6. The summed E-state index contributed by atoms with van der Waals surface area (Å²) in [6.45, 7) is 0. The van der Waals surface area contributed by atoms with Crippen LogP contribution in [-0.2, 0) is 10.5 Å². The maximum Gasteiger partial charge on any atom is 0.235 e. The summed E-state index contributed by atoms with van der Waals surface area (Å²) >= 11 is 3.21. The number of aromatic nitrogens is 1. The molecule has 2 N–H and O–H groups in total. The number of anilines is 1. The average molecular weight is 280 g/mol. The number of hydrogen-bond donors (Lipinski definition) is 2. The highest BCUT2D eigenvalue weighted by Gasteiger charge is 2.07. The molecule has 6 heteroatoms. The Balaban J connectivity index is 1.77. The van der Waals surface area contributed by atoms with Gasteiger partial charge in [0, 0.05) is 16.8 Å². The Morgan fingerprint density at radius 1 is 1.44 bits per heavy atom. The fourth-order valence-electron chi connectivity index (χ4n) is 1.30. The normalized spacial score (nSPS) is 10.2. The van der Waals surface area contributed by atoms with Crippen molar-refractivity contribution in [2.45, 2.75) is 5.75 Å². The van der Waals surface area contributed by atoms with Crippen LogP contribution >= 0.6 is 23.1 Å². The van der Waals surface area contributed by atoms with Crippen LogP contribution in [0, 0.1) is 0 Å². The first-order valence-electron chi connectivity index (χ1n) is 5.29. The van der Waals surface area contributed by atoms with E-state index in [2.05, 4.69) is 10.3 Å². The zero-order valence-electron chi connectivity index (χ0n) is 9.50. The molecular formula is C12H12N2O2S2. The van der Waals surface area contributed by atoms with Gasteiger partial charge in [-0.2, -0.15) is 0 Å². The van der Waals surface area contributed by atoms with Gasteiger partial charge in [-0.3, -0.25) is 4.79 Å². The highest BCUT2D eigenvalue weighted by Crippen LogP contribution is 2.20. The summed E-state index contributed by atoms with van der Waals surface area (Å²) in [5.74, 6) is 1.19. The molecule has 0 aromatic carbocycles. The van der Waals surface area contributed by atoms with E-state index in [0.717, 1.165) is 5.75 Å². The number of hydrogen-bond acceptors (Lipinski definition) is 5. The molecule has 0 radical (unpaired) electrons. The average Bonchev–Trinajstić information content (AvgIpc) is 2.85. The van der Waals surface area contributed by atoms with E-state index < -0.39 is 0 Å². The van der Waals surface area contributed by atoms with Gasteiger partial charge in [0.05, 0.1) is 5.75 Å². The Morgan fingerprint density at radius 2 is 2.33 bits per heavy atom. The molecule has 0 fully saturated rings. The van der Waals surface area contributed by atoms with Gasteiger partial charge in [-0.1, -0.05) is 6.07 Å². The molecule has 1 amide bonds. The molecule has 18 heavy (non-hydrogen) atoms. The quantitative estimate of drug-likeness (QED) is 0.884. The van der Waals surface area contributed by atoms with E-state index in [1.54, 1.807) is 17.4 Å². The summed E-state index contributed by atoms with van der Waals surface area (Å²) in [6.07, 6.45) is 1.52. The zero-order chi connectivity index (χ0) is 12.8. The lowest BCUT2D eigenvalue weighted by Crippen LogP contribution is -2.15. The van der Waals surface area contributed by atoms with Crippen molar-refractivity contribution in [2.75, 3.05) is 11.1 Å². The van der Waals surface area contributed by atoms with Gasteiger partial charge in [-0.15, -0.1) is 23.1 Å². The van der Waals surface area contributed by atoms with Crippen molar-refractivity contribution in [3.8, 4) is 5.75 Å². The second kappa shape index (κ2) is 6.42. The molecule has 0 saturated heterocycles. The topological polar surface area (TPSA) is 62.2 Å². The molecule has 2 aromatic heterocycles. The number of nitrogens with zero attached hydrogens (tertiary/aromatic N) is 1. The van der Waals surface area contributed by atoms with Gasteiger partial charge in [0.25, 0.3) is 0 Å². The molecule has 0 spiro atoms. The molecule has 2 aromatic rings. The number of amides is 1. The van der Waals surface area contributed by atoms with Gasteiger partial charge in [0.15, 0.2) is 11.6 Å². The summed E-state index contributed by atoms with van der Waals surface area (Å²) in [5.41, 5.74) is 0. The van der Waals surface area contributed by atoms with E-state index in [0.29, 0.717) is 5.75 Å². The Bertz CT molecular complexity index is 515. The second-order valence-electron chi connectivity index (χ2n) is 3.49. The van der Waals surface area contributed by atoms with Crippen molar-refractivity contribution in [3.63, 3.8) is 0 Å². The van der Waals surface area contributed by atoms with Crippen LogP contribution in [-0.4, -0.2) is 21.8 Å². The number of aromatic hydroxyl groups is 1. The predicted molar refractivity (Wildman–Crippen MR) is 75.0 cm³/mol. The second-order valence-corrected chi connectivity index (χ2v) is 5.51. The third-order valence-electron chi connectivity index (χ3n) is 2.10. The van der Waals surface area contributed by atoms with Gasteiger partial charge in [0.2, 0.25) is 5.91 Å². The van der Waals surface area contributed by atoms with Crippen LogP contribution in [0.2, 0.25) is 0 Å². The Morgan fingerprint density at radius 3 is 3.06 bits per heavy atom. The lowest BCUT2D eigenvalue weighted by molar-refractivity contribution is -0.113. The Kier molecular flexibility index (Phi) is 4.60. The summed E-state index contributed by atoms with van der Waals surface area (Å²) in [4.78, 5) is 16.7. The molecule has 0 aliphatic heterocycles. The minimum Gasteiger partial charge on any atom is -0.504 e. The lowest BCUT2D eigenvalue weighted by atomic mass is 10.4. The molecule has 0 bridgehead atoms. The molecule has 0 unspecified atom stereocenters.